The molecule has 0 spiro atoms. The summed E-state index contributed by atoms with van der Waals surface area (Å²) in [6.45, 7) is 14.9. The Labute approximate surface area is 123 Å². The average Bonchev–Trinajstić information content (AvgIpc) is 2.28. The lowest BCUT2D eigenvalue weighted by molar-refractivity contribution is -0.136. The monoisotopic (exact) mass is 276 g/mol. The van der Waals surface area contributed by atoms with Crippen LogP contribution in [0.4, 0.5) is 0 Å². The Bertz CT molecular complexity index is 458. The van der Waals surface area contributed by atoms with Gasteiger partial charge in [0.15, 0.2) is 5.78 Å². The van der Waals surface area contributed by atoms with Crippen molar-refractivity contribution in [3.05, 3.63) is 34.4 Å². The van der Waals surface area contributed by atoms with Gasteiger partial charge in [-0.15, -0.1) is 0 Å². The number of hydrogen-bond acceptors (Lipinski definition) is 2. The van der Waals surface area contributed by atoms with Crippen LogP contribution in [0.2, 0.25) is 0 Å². The minimum atomic E-state index is -0.340. The number of hydrogen-bond donors (Lipinski definition) is 0. The molecule has 0 aliphatic heterocycles. The molecule has 1 aromatic carbocycles. The highest BCUT2D eigenvalue weighted by atomic mass is 16.5. The summed E-state index contributed by atoms with van der Waals surface area (Å²) in [6, 6.07) is 4.28. The maximum Gasteiger partial charge on any atom is 0.166 e. The minimum absolute atomic E-state index is 0.167. The molecule has 0 aromatic heterocycles. The fourth-order valence-corrected chi connectivity index (χ4v) is 2.75. The van der Waals surface area contributed by atoms with E-state index < -0.39 is 0 Å². The van der Waals surface area contributed by atoms with E-state index in [1.54, 1.807) is 0 Å². The molecule has 1 rings (SSSR count). The Morgan fingerprint density at radius 2 is 1.65 bits per heavy atom. The van der Waals surface area contributed by atoms with Crippen LogP contribution < -0.4 is 0 Å². The van der Waals surface area contributed by atoms with E-state index >= 15 is 0 Å². The van der Waals surface area contributed by atoms with Gasteiger partial charge in [0.25, 0.3) is 0 Å². The van der Waals surface area contributed by atoms with Crippen molar-refractivity contribution in [2.45, 2.75) is 61.0 Å². The maximum absolute atomic E-state index is 12.6. The van der Waals surface area contributed by atoms with Crippen LogP contribution >= 0.6 is 0 Å². The Kier molecular flexibility index (Phi) is 5.52. The topological polar surface area (TPSA) is 26.3 Å². The fraction of sp³-hybridized carbons (Fsp3) is 0.611. The minimum Gasteiger partial charge on any atom is -0.370 e. The second kappa shape index (κ2) is 6.53. The molecular formula is C18H28O2. The molecule has 0 aliphatic rings. The summed E-state index contributed by atoms with van der Waals surface area (Å²) in [7, 11) is 0. The molecule has 112 valence electrons. The van der Waals surface area contributed by atoms with Gasteiger partial charge in [0, 0.05) is 13.0 Å². The lowest BCUT2D eigenvalue weighted by Gasteiger charge is -2.29. The van der Waals surface area contributed by atoms with Crippen LogP contribution in [-0.4, -0.2) is 18.5 Å². The molecule has 0 radical (unpaired) electrons. The van der Waals surface area contributed by atoms with E-state index in [0.29, 0.717) is 13.0 Å². The molecule has 20 heavy (non-hydrogen) atoms. The van der Waals surface area contributed by atoms with E-state index in [1.807, 2.05) is 6.92 Å². The highest BCUT2D eigenvalue weighted by Crippen LogP contribution is 2.26. The predicted octanol–water partition coefficient (Wildman–Crippen LogP) is 4.17. The van der Waals surface area contributed by atoms with Crippen LogP contribution in [0.5, 0.6) is 0 Å². The van der Waals surface area contributed by atoms with Gasteiger partial charge >= 0.3 is 0 Å². The molecule has 0 saturated heterocycles. The standard InChI is InChI=1S/C18H28O2/c1-8-20-17(18(5,6)7)16(19)11-15-13(3)9-12(2)10-14(15)4/h9-10,17H,8,11H2,1-7H3. The Hall–Kier alpha value is -1.15. The summed E-state index contributed by atoms with van der Waals surface area (Å²) >= 11 is 0. The van der Waals surface area contributed by atoms with Crippen molar-refractivity contribution in [3.63, 3.8) is 0 Å². The van der Waals surface area contributed by atoms with Gasteiger partial charge in [-0.05, 0) is 49.8 Å². The van der Waals surface area contributed by atoms with Crippen LogP contribution in [0.1, 0.15) is 49.9 Å². The first kappa shape index (κ1) is 16.9. The van der Waals surface area contributed by atoms with Crippen molar-refractivity contribution >= 4 is 5.78 Å². The SMILES string of the molecule is CCOC(C(=O)Cc1c(C)cc(C)cc1C)C(C)(C)C. The molecule has 2 nitrogen and oxygen atoms in total. The van der Waals surface area contributed by atoms with Crippen LogP contribution in [0, 0.1) is 26.2 Å². The molecule has 0 heterocycles. The van der Waals surface area contributed by atoms with Gasteiger partial charge in [-0.3, -0.25) is 4.79 Å². The summed E-state index contributed by atoms with van der Waals surface area (Å²) < 4.78 is 5.69. The Morgan fingerprint density at radius 3 is 2.05 bits per heavy atom. The van der Waals surface area contributed by atoms with Gasteiger partial charge in [0.1, 0.15) is 6.10 Å². The first-order chi connectivity index (χ1) is 9.16. The Morgan fingerprint density at radius 1 is 1.15 bits per heavy atom. The van der Waals surface area contributed by atoms with Crippen molar-refractivity contribution in [2.24, 2.45) is 5.41 Å². The third-order valence-corrected chi connectivity index (χ3v) is 3.60. The highest BCUT2D eigenvalue weighted by molar-refractivity contribution is 5.86. The lowest BCUT2D eigenvalue weighted by Crippen LogP contribution is -2.38. The molecule has 1 unspecified atom stereocenters. The van der Waals surface area contributed by atoms with Gasteiger partial charge in [-0.25, -0.2) is 0 Å². The molecule has 0 fully saturated rings. The van der Waals surface area contributed by atoms with Gasteiger partial charge < -0.3 is 4.74 Å². The number of ether oxygens (including phenoxy) is 1. The normalized spacial score (nSPS) is 13.3. The fourth-order valence-electron chi connectivity index (χ4n) is 2.75. The third kappa shape index (κ3) is 4.17. The zero-order chi connectivity index (χ0) is 15.5. The van der Waals surface area contributed by atoms with Gasteiger partial charge in [0.2, 0.25) is 0 Å². The van der Waals surface area contributed by atoms with Gasteiger partial charge in [-0.1, -0.05) is 38.5 Å². The van der Waals surface area contributed by atoms with E-state index in [9.17, 15) is 4.79 Å². The summed E-state index contributed by atoms with van der Waals surface area (Å²) in [4.78, 5) is 12.6. The molecule has 1 aromatic rings. The molecule has 2 heteroatoms. The van der Waals surface area contributed by atoms with Crippen molar-refractivity contribution in [1.29, 1.82) is 0 Å². The molecule has 0 N–H and O–H groups in total. The molecule has 0 bridgehead atoms. The average molecular weight is 276 g/mol. The van der Waals surface area contributed by atoms with E-state index in [4.69, 9.17) is 4.74 Å². The first-order valence-corrected chi connectivity index (χ1v) is 7.37. The molecule has 0 amide bonds. The lowest BCUT2D eigenvalue weighted by atomic mass is 9.83. The van der Waals surface area contributed by atoms with E-state index in [1.165, 1.54) is 16.7 Å². The quantitative estimate of drug-likeness (QED) is 0.806. The number of aryl methyl sites for hydroxylation is 3. The second-order valence-electron chi connectivity index (χ2n) is 6.72. The number of carbonyl (C=O) groups excluding carboxylic acids is 1. The smallest absolute Gasteiger partial charge is 0.166 e. The zero-order valence-corrected chi connectivity index (χ0v) is 14.0. The summed E-state index contributed by atoms with van der Waals surface area (Å²) in [6.07, 6.45) is 0.118. The van der Waals surface area contributed by atoms with Crippen LogP contribution in [0.3, 0.4) is 0 Å². The first-order valence-electron chi connectivity index (χ1n) is 7.37. The summed E-state index contributed by atoms with van der Waals surface area (Å²) in [5.41, 5.74) is 4.61. The second-order valence-corrected chi connectivity index (χ2v) is 6.72. The Balaban J connectivity index is 3.00. The van der Waals surface area contributed by atoms with Crippen LogP contribution in [0.15, 0.2) is 12.1 Å². The van der Waals surface area contributed by atoms with E-state index in [-0.39, 0.29) is 17.3 Å². The maximum atomic E-state index is 12.6. The molecular weight excluding hydrogens is 248 g/mol. The number of rotatable bonds is 5. The van der Waals surface area contributed by atoms with Gasteiger partial charge in [-0.2, -0.15) is 0 Å². The van der Waals surface area contributed by atoms with Crippen molar-refractivity contribution in [3.8, 4) is 0 Å². The van der Waals surface area contributed by atoms with E-state index in [2.05, 4.69) is 53.7 Å². The van der Waals surface area contributed by atoms with Crippen LogP contribution in [0.25, 0.3) is 0 Å². The molecule has 0 aliphatic carbocycles. The van der Waals surface area contributed by atoms with Crippen molar-refractivity contribution in [1.82, 2.24) is 0 Å². The third-order valence-electron chi connectivity index (χ3n) is 3.60. The summed E-state index contributed by atoms with van der Waals surface area (Å²) in [5, 5.41) is 0. The number of Topliss-reactive ketones (excluding diaryl/α,β-unsaturated/α-hetero) is 1. The summed E-state index contributed by atoms with van der Waals surface area (Å²) in [5.74, 6) is 0.175. The van der Waals surface area contributed by atoms with Crippen LogP contribution in [-0.2, 0) is 16.0 Å². The molecule has 0 saturated carbocycles. The van der Waals surface area contributed by atoms with Crippen molar-refractivity contribution in [2.75, 3.05) is 6.61 Å². The number of carbonyl (C=O) groups is 1. The molecule has 1 atom stereocenters. The van der Waals surface area contributed by atoms with Gasteiger partial charge in [0.05, 0.1) is 0 Å². The zero-order valence-electron chi connectivity index (χ0n) is 14.0. The predicted molar refractivity (Wildman–Crippen MR) is 84.2 cm³/mol. The van der Waals surface area contributed by atoms with Crippen molar-refractivity contribution < 1.29 is 9.53 Å². The van der Waals surface area contributed by atoms with E-state index in [0.717, 1.165) is 5.56 Å². The number of ketones is 1. The largest absolute Gasteiger partial charge is 0.370 e. The highest BCUT2D eigenvalue weighted by Gasteiger charge is 2.31. The number of benzene rings is 1.